The molecule has 1 aromatic carbocycles. The number of ether oxygens (including phenoxy) is 2. The van der Waals surface area contributed by atoms with Crippen LogP contribution in [0.2, 0.25) is 0 Å². The van der Waals surface area contributed by atoms with Gasteiger partial charge in [0.15, 0.2) is 0 Å². The van der Waals surface area contributed by atoms with E-state index in [2.05, 4.69) is 4.98 Å². The Bertz CT molecular complexity index is 587. The number of aromatic nitrogens is 1. The van der Waals surface area contributed by atoms with Gasteiger partial charge in [0, 0.05) is 0 Å². The van der Waals surface area contributed by atoms with E-state index in [1.807, 2.05) is 46.8 Å². The molecule has 0 saturated carbocycles. The normalized spacial score (nSPS) is 12.1. The van der Waals surface area contributed by atoms with Crippen LogP contribution in [-0.2, 0) is 0 Å². The molecule has 2 aromatic rings. The number of hydrogen-bond acceptors (Lipinski definition) is 4. The highest BCUT2D eigenvalue weighted by Crippen LogP contribution is 2.34. The van der Waals surface area contributed by atoms with Crippen LogP contribution in [-0.4, -0.2) is 24.5 Å². The van der Waals surface area contributed by atoms with Crippen LogP contribution in [0.3, 0.4) is 0 Å². The third kappa shape index (κ3) is 3.41. The minimum Gasteiger partial charge on any atom is -0.486 e. The Balaban J connectivity index is 2.48. The van der Waals surface area contributed by atoms with E-state index >= 15 is 0 Å². The number of nitrogens with zero attached hydrogens (tertiary/aromatic N) is 1. The van der Waals surface area contributed by atoms with Crippen LogP contribution in [0.4, 0.5) is 0 Å². The van der Waals surface area contributed by atoms with Crippen LogP contribution in [0.5, 0.6) is 10.9 Å². The number of hydrogen-bond donors (Lipinski definition) is 0. The first-order valence-electron chi connectivity index (χ1n) is 6.31. The van der Waals surface area contributed by atoms with Crippen molar-refractivity contribution in [1.29, 1.82) is 0 Å². The molecular weight excluding hydrogens is 257 g/mol. The monoisotopic (exact) mass is 275 g/mol. The Morgan fingerprint density at radius 2 is 1.95 bits per heavy atom. The summed E-state index contributed by atoms with van der Waals surface area (Å²) in [4.78, 5) is 4.49. The first kappa shape index (κ1) is 14.2. The second-order valence-electron chi connectivity index (χ2n) is 5.69. The smallest absolute Gasteiger partial charge is 0.274 e. The lowest BCUT2D eigenvalue weighted by atomic mass is 9.96. The molecule has 0 aliphatic heterocycles. The van der Waals surface area contributed by atoms with Crippen LogP contribution < -0.4 is 14.9 Å². The first-order valence-corrected chi connectivity index (χ1v) is 7.12. The lowest BCUT2D eigenvalue weighted by Crippen LogP contribution is -2.23. The Hall–Kier alpha value is -1.23. The number of thiazole rings is 1. The molecule has 5 heteroatoms. The summed E-state index contributed by atoms with van der Waals surface area (Å²) in [5.74, 6) is 0.742. The molecule has 2 rings (SSSR count). The molecule has 0 atom stereocenters. The number of fused-ring (bicyclic) bond motifs is 1. The molecule has 0 unspecified atom stereocenters. The largest absolute Gasteiger partial charge is 0.486 e. The molecule has 0 amide bonds. The Kier molecular flexibility index (Phi) is 3.77. The van der Waals surface area contributed by atoms with Gasteiger partial charge in [-0.25, -0.2) is 0 Å². The van der Waals surface area contributed by atoms with Crippen LogP contribution in [0, 0.1) is 0 Å². The summed E-state index contributed by atoms with van der Waals surface area (Å²) in [5.41, 5.74) is 1.20. The molecule has 0 N–H and O–H groups in total. The molecule has 1 aromatic heterocycles. The van der Waals surface area contributed by atoms with Crippen molar-refractivity contribution in [2.75, 3.05) is 0 Å². The fourth-order valence-electron chi connectivity index (χ4n) is 1.65. The van der Waals surface area contributed by atoms with Gasteiger partial charge in [0.1, 0.15) is 24.7 Å². The average molecular weight is 275 g/mol. The van der Waals surface area contributed by atoms with Gasteiger partial charge in [0.25, 0.3) is 5.19 Å². The highest BCUT2D eigenvalue weighted by Gasteiger charge is 2.18. The van der Waals surface area contributed by atoms with E-state index in [0.29, 0.717) is 10.7 Å². The number of rotatable bonds is 3. The maximum atomic E-state index is 5.99. The quantitative estimate of drug-likeness (QED) is 0.807. The summed E-state index contributed by atoms with van der Waals surface area (Å²) in [5, 5.41) is 0.627. The van der Waals surface area contributed by atoms with E-state index in [9.17, 15) is 0 Å². The predicted octanol–water partition coefficient (Wildman–Crippen LogP) is 3.05. The average Bonchev–Trinajstić information content (AvgIpc) is 2.64. The number of benzene rings is 1. The SMILES string of the molecule is [B]c1ccc(OC(C)(C)C)c2nc(OC(C)C)sc12. The Morgan fingerprint density at radius 1 is 1.26 bits per heavy atom. The Labute approximate surface area is 119 Å². The lowest BCUT2D eigenvalue weighted by Gasteiger charge is -2.21. The van der Waals surface area contributed by atoms with Crippen molar-refractivity contribution in [3.63, 3.8) is 0 Å². The molecule has 19 heavy (non-hydrogen) atoms. The van der Waals surface area contributed by atoms with Gasteiger partial charge < -0.3 is 9.47 Å². The van der Waals surface area contributed by atoms with E-state index in [0.717, 1.165) is 16.0 Å². The molecule has 0 fully saturated rings. The van der Waals surface area contributed by atoms with Gasteiger partial charge in [-0.2, -0.15) is 4.98 Å². The topological polar surface area (TPSA) is 31.4 Å². The van der Waals surface area contributed by atoms with E-state index in [4.69, 9.17) is 17.3 Å². The zero-order valence-electron chi connectivity index (χ0n) is 12.0. The van der Waals surface area contributed by atoms with Crippen molar-refractivity contribution in [3.05, 3.63) is 12.1 Å². The molecule has 3 nitrogen and oxygen atoms in total. The Morgan fingerprint density at radius 3 is 2.53 bits per heavy atom. The van der Waals surface area contributed by atoms with Crippen molar-refractivity contribution < 1.29 is 9.47 Å². The third-order valence-electron chi connectivity index (χ3n) is 2.27. The van der Waals surface area contributed by atoms with Crippen LogP contribution >= 0.6 is 11.3 Å². The lowest BCUT2D eigenvalue weighted by molar-refractivity contribution is 0.133. The first-order chi connectivity index (χ1) is 8.76. The second-order valence-corrected chi connectivity index (χ2v) is 6.65. The summed E-state index contributed by atoms with van der Waals surface area (Å²) in [7, 11) is 5.99. The van der Waals surface area contributed by atoms with E-state index in [-0.39, 0.29) is 11.7 Å². The van der Waals surface area contributed by atoms with E-state index in [1.165, 1.54) is 11.3 Å². The van der Waals surface area contributed by atoms with Crippen LogP contribution in [0.15, 0.2) is 12.1 Å². The summed E-state index contributed by atoms with van der Waals surface area (Å²) >= 11 is 1.45. The van der Waals surface area contributed by atoms with Gasteiger partial charge in [-0.15, -0.1) is 0 Å². The zero-order valence-corrected chi connectivity index (χ0v) is 12.8. The molecule has 2 radical (unpaired) electrons. The standard InChI is InChI=1S/C14H18BNO2S/c1-8(2)17-13-16-11-10(18-14(3,4)5)7-6-9(15)12(11)19-13/h6-8H,1-5H3. The van der Waals surface area contributed by atoms with Crippen molar-refractivity contribution in [3.8, 4) is 10.9 Å². The van der Waals surface area contributed by atoms with Gasteiger partial charge in [-0.3, -0.25) is 0 Å². The molecule has 0 aliphatic rings. The molecule has 0 spiro atoms. The fraction of sp³-hybridized carbons (Fsp3) is 0.500. The van der Waals surface area contributed by atoms with E-state index < -0.39 is 0 Å². The molecule has 1 heterocycles. The minimum atomic E-state index is -0.272. The van der Waals surface area contributed by atoms with Crippen LogP contribution in [0.1, 0.15) is 34.6 Å². The predicted molar refractivity (Wildman–Crippen MR) is 81.2 cm³/mol. The van der Waals surface area contributed by atoms with Crippen LogP contribution in [0.25, 0.3) is 10.2 Å². The summed E-state index contributed by atoms with van der Waals surface area (Å²) in [6.07, 6.45) is 0.0915. The molecule has 0 saturated heterocycles. The summed E-state index contributed by atoms with van der Waals surface area (Å²) in [6.45, 7) is 9.97. The van der Waals surface area contributed by atoms with Crippen molar-refractivity contribution >= 4 is 34.9 Å². The zero-order chi connectivity index (χ0) is 14.2. The molecule has 0 bridgehead atoms. The highest BCUT2D eigenvalue weighted by atomic mass is 32.1. The van der Waals surface area contributed by atoms with Crippen molar-refractivity contribution in [2.45, 2.75) is 46.3 Å². The van der Waals surface area contributed by atoms with Gasteiger partial charge in [-0.1, -0.05) is 22.9 Å². The van der Waals surface area contributed by atoms with Gasteiger partial charge in [-0.05, 0) is 40.7 Å². The fourth-order valence-corrected chi connectivity index (χ4v) is 2.63. The highest BCUT2D eigenvalue weighted by molar-refractivity contribution is 7.21. The molecule has 100 valence electrons. The maximum absolute atomic E-state index is 5.99. The molecule has 0 aliphatic carbocycles. The third-order valence-corrected chi connectivity index (χ3v) is 3.27. The summed E-state index contributed by atoms with van der Waals surface area (Å²) < 4.78 is 12.5. The van der Waals surface area contributed by atoms with Crippen molar-refractivity contribution in [2.24, 2.45) is 0 Å². The second kappa shape index (κ2) is 5.04. The van der Waals surface area contributed by atoms with Gasteiger partial charge in [0.2, 0.25) is 0 Å². The summed E-state index contributed by atoms with van der Waals surface area (Å²) in [6, 6.07) is 3.71. The van der Waals surface area contributed by atoms with Gasteiger partial charge >= 0.3 is 0 Å². The minimum absolute atomic E-state index is 0.0915. The van der Waals surface area contributed by atoms with Crippen molar-refractivity contribution in [1.82, 2.24) is 4.98 Å². The molecular formula is C14H18BNO2S. The van der Waals surface area contributed by atoms with E-state index in [1.54, 1.807) is 0 Å². The van der Waals surface area contributed by atoms with Gasteiger partial charge in [0.05, 0.1) is 10.8 Å². The maximum Gasteiger partial charge on any atom is 0.274 e.